The van der Waals surface area contributed by atoms with Crippen LogP contribution in [-0.4, -0.2) is 62.6 Å². The van der Waals surface area contributed by atoms with Crippen molar-refractivity contribution in [1.29, 1.82) is 0 Å². The number of hydrogen-bond acceptors (Lipinski definition) is 5. The van der Waals surface area contributed by atoms with E-state index in [0.717, 1.165) is 11.1 Å². The zero-order valence-corrected chi connectivity index (χ0v) is 17.5. The molecule has 0 saturated carbocycles. The summed E-state index contributed by atoms with van der Waals surface area (Å²) in [6, 6.07) is 0.669. The van der Waals surface area contributed by atoms with E-state index in [-0.39, 0.29) is 42.1 Å². The minimum Gasteiger partial charge on any atom is -0.393 e. The van der Waals surface area contributed by atoms with Crippen LogP contribution in [0.1, 0.15) is 28.7 Å². The van der Waals surface area contributed by atoms with E-state index in [4.69, 9.17) is 16.4 Å². The second-order valence-electron chi connectivity index (χ2n) is 7.53. The number of hydroxylamine groups is 2. The number of amides is 3. The van der Waals surface area contributed by atoms with Crippen LogP contribution in [0.15, 0.2) is 12.1 Å². The second-order valence-corrected chi connectivity index (χ2v) is 7.93. The largest absolute Gasteiger partial charge is 0.393 e. The number of urea groups is 1. The average molecular weight is 456 g/mol. The Morgan fingerprint density at radius 2 is 2.13 bits per heavy atom. The smallest absolute Gasteiger partial charge is 0.322 e. The van der Waals surface area contributed by atoms with Gasteiger partial charge < -0.3 is 15.3 Å². The van der Waals surface area contributed by atoms with Gasteiger partial charge in [0.2, 0.25) is 0 Å². The van der Waals surface area contributed by atoms with Crippen molar-refractivity contribution in [2.75, 3.05) is 19.0 Å². The average Bonchev–Trinajstić information content (AvgIpc) is 3.00. The van der Waals surface area contributed by atoms with Crippen LogP contribution in [0.25, 0.3) is 0 Å². The molecule has 31 heavy (non-hydrogen) atoms. The van der Waals surface area contributed by atoms with Crippen LogP contribution in [0.5, 0.6) is 0 Å². The standard InChI is InChI=1S/C19H20ClF2N5O4/c1-9-3-15-11(17-18(29)25(2)31-10(8-28)6-27(17)24-15)7-26(9)19(30)23-16-4-12(20)13(21)5-14(16)22/h4-5,9-10,28H,3,6-8H2,1-2H3,(H,23,30). The highest BCUT2D eigenvalue weighted by Gasteiger charge is 2.37. The van der Waals surface area contributed by atoms with Gasteiger partial charge in [0.05, 0.1) is 36.1 Å². The number of carbonyl (C=O) groups excluding carboxylic acids is 2. The maximum Gasteiger partial charge on any atom is 0.322 e. The summed E-state index contributed by atoms with van der Waals surface area (Å²) in [5, 5.41) is 17.1. The van der Waals surface area contributed by atoms with Crippen molar-refractivity contribution in [3.05, 3.63) is 45.7 Å². The van der Waals surface area contributed by atoms with Gasteiger partial charge in [0.25, 0.3) is 5.91 Å². The molecule has 0 bridgehead atoms. The molecule has 3 amide bonds. The number of fused-ring (bicyclic) bond motifs is 3. The van der Waals surface area contributed by atoms with E-state index in [1.165, 1.54) is 16.6 Å². The molecule has 0 radical (unpaired) electrons. The van der Waals surface area contributed by atoms with Crippen LogP contribution in [0.2, 0.25) is 5.02 Å². The Balaban J connectivity index is 1.63. The van der Waals surface area contributed by atoms with Gasteiger partial charge >= 0.3 is 6.03 Å². The minimum atomic E-state index is -0.955. The number of aliphatic hydroxyl groups is 1. The number of halogens is 3. The SMILES string of the molecule is CC1Cc2nn3c(c2CN1C(=O)Nc1cc(Cl)c(F)cc1F)C(=O)N(C)OC(CO)C3. The molecule has 12 heteroatoms. The van der Waals surface area contributed by atoms with E-state index in [0.29, 0.717) is 23.7 Å². The number of anilines is 1. The summed E-state index contributed by atoms with van der Waals surface area (Å²) in [4.78, 5) is 32.5. The molecule has 0 fully saturated rings. The Morgan fingerprint density at radius 3 is 2.84 bits per heavy atom. The third-order valence-electron chi connectivity index (χ3n) is 5.37. The summed E-state index contributed by atoms with van der Waals surface area (Å²) in [6.07, 6.45) is -0.267. The molecule has 2 aliphatic rings. The Hall–Kier alpha value is -2.76. The summed E-state index contributed by atoms with van der Waals surface area (Å²) in [6.45, 7) is 1.74. The van der Waals surface area contributed by atoms with Crippen LogP contribution in [0.4, 0.5) is 19.3 Å². The highest BCUT2D eigenvalue weighted by atomic mass is 35.5. The fourth-order valence-electron chi connectivity index (χ4n) is 3.78. The topological polar surface area (TPSA) is 99.9 Å². The molecule has 0 aliphatic carbocycles. The number of aliphatic hydroxyl groups excluding tert-OH is 1. The number of nitrogens with one attached hydrogen (secondary N) is 1. The Kier molecular flexibility index (Phi) is 5.58. The molecule has 2 unspecified atom stereocenters. The zero-order chi connectivity index (χ0) is 22.4. The molecule has 0 saturated heterocycles. The number of carbonyl (C=O) groups is 2. The Morgan fingerprint density at radius 1 is 1.39 bits per heavy atom. The lowest BCUT2D eigenvalue weighted by Crippen LogP contribution is -2.45. The highest BCUT2D eigenvalue weighted by molar-refractivity contribution is 6.31. The molecule has 2 atom stereocenters. The van der Waals surface area contributed by atoms with E-state index in [9.17, 15) is 23.5 Å². The summed E-state index contributed by atoms with van der Waals surface area (Å²) in [5.74, 6) is -2.33. The first kappa shape index (κ1) is 21.5. The molecule has 2 aromatic rings. The van der Waals surface area contributed by atoms with Crippen molar-refractivity contribution in [3.63, 3.8) is 0 Å². The molecular weight excluding hydrogens is 436 g/mol. The second kappa shape index (κ2) is 8.06. The fourth-order valence-corrected chi connectivity index (χ4v) is 3.95. The number of hydrogen-bond donors (Lipinski definition) is 2. The highest BCUT2D eigenvalue weighted by Crippen LogP contribution is 2.30. The maximum atomic E-state index is 14.0. The van der Waals surface area contributed by atoms with Crippen molar-refractivity contribution in [3.8, 4) is 0 Å². The zero-order valence-electron chi connectivity index (χ0n) is 16.7. The third-order valence-corrected chi connectivity index (χ3v) is 5.66. The molecule has 4 rings (SSSR count). The van der Waals surface area contributed by atoms with E-state index < -0.39 is 29.7 Å². The van der Waals surface area contributed by atoms with Gasteiger partial charge in [-0.05, 0) is 13.0 Å². The van der Waals surface area contributed by atoms with Crippen LogP contribution in [0, 0.1) is 11.6 Å². The lowest BCUT2D eigenvalue weighted by molar-refractivity contribution is -0.159. The molecule has 2 N–H and O–H groups in total. The molecular formula is C19H20ClF2N5O4. The molecule has 9 nitrogen and oxygen atoms in total. The van der Waals surface area contributed by atoms with Gasteiger partial charge in [-0.3, -0.25) is 14.3 Å². The maximum absolute atomic E-state index is 14.0. The number of benzene rings is 1. The first-order chi connectivity index (χ1) is 14.7. The van der Waals surface area contributed by atoms with E-state index >= 15 is 0 Å². The number of aromatic nitrogens is 2. The monoisotopic (exact) mass is 455 g/mol. The third kappa shape index (κ3) is 3.84. The van der Waals surface area contributed by atoms with Gasteiger partial charge in [0, 0.05) is 31.1 Å². The summed E-state index contributed by atoms with van der Waals surface area (Å²) < 4.78 is 28.9. The van der Waals surface area contributed by atoms with Gasteiger partial charge in [-0.15, -0.1) is 0 Å². The summed E-state index contributed by atoms with van der Waals surface area (Å²) in [7, 11) is 1.44. The fraction of sp³-hybridized carbons (Fsp3) is 0.421. The molecule has 3 heterocycles. The van der Waals surface area contributed by atoms with Crippen LogP contribution >= 0.6 is 11.6 Å². The van der Waals surface area contributed by atoms with Crippen LogP contribution < -0.4 is 5.32 Å². The van der Waals surface area contributed by atoms with Gasteiger partial charge in [-0.2, -0.15) is 5.10 Å². The number of rotatable bonds is 2. The van der Waals surface area contributed by atoms with Crippen LogP contribution in [0.3, 0.4) is 0 Å². The molecule has 2 aliphatic heterocycles. The van der Waals surface area contributed by atoms with Crippen molar-refractivity contribution in [2.24, 2.45) is 0 Å². The predicted molar refractivity (Wildman–Crippen MR) is 105 cm³/mol. The lowest BCUT2D eigenvalue weighted by Gasteiger charge is -2.33. The van der Waals surface area contributed by atoms with Gasteiger partial charge in [-0.1, -0.05) is 11.6 Å². The van der Waals surface area contributed by atoms with E-state index in [2.05, 4.69) is 10.4 Å². The molecule has 0 spiro atoms. The number of nitrogens with zero attached hydrogens (tertiary/aromatic N) is 4. The Bertz CT molecular complexity index is 1060. The van der Waals surface area contributed by atoms with Crippen LogP contribution in [-0.2, 0) is 24.3 Å². The molecule has 166 valence electrons. The van der Waals surface area contributed by atoms with Crippen molar-refractivity contribution in [2.45, 2.75) is 38.6 Å². The van der Waals surface area contributed by atoms with Gasteiger partial charge in [-0.25, -0.2) is 18.6 Å². The minimum absolute atomic E-state index is 0.0532. The van der Waals surface area contributed by atoms with Crippen molar-refractivity contribution >= 4 is 29.2 Å². The quantitative estimate of drug-likeness (QED) is 0.676. The molecule has 1 aromatic heterocycles. The first-order valence-corrected chi connectivity index (χ1v) is 9.93. The summed E-state index contributed by atoms with van der Waals surface area (Å²) in [5.41, 5.74) is 1.25. The molecule has 1 aromatic carbocycles. The van der Waals surface area contributed by atoms with Crippen molar-refractivity contribution < 1.29 is 28.3 Å². The Labute approximate surface area is 181 Å². The normalized spacial score (nSPS) is 20.9. The van der Waals surface area contributed by atoms with E-state index in [1.54, 1.807) is 6.92 Å². The van der Waals surface area contributed by atoms with E-state index in [1.807, 2.05) is 0 Å². The first-order valence-electron chi connectivity index (χ1n) is 9.56. The van der Waals surface area contributed by atoms with Gasteiger partial charge in [0.15, 0.2) is 0 Å². The lowest BCUT2D eigenvalue weighted by atomic mass is 9.99. The predicted octanol–water partition coefficient (Wildman–Crippen LogP) is 2.17. The summed E-state index contributed by atoms with van der Waals surface area (Å²) >= 11 is 5.69. The van der Waals surface area contributed by atoms with Gasteiger partial charge in [0.1, 0.15) is 23.4 Å². The van der Waals surface area contributed by atoms with Crippen molar-refractivity contribution in [1.82, 2.24) is 19.7 Å².